The average molecular weight is 314 g/mol. The Kier molecular flexibility index (Phi) is 5.82. The number of carbonyl (C=O) groups excluding carboxylic acids is 1. The van der Waals surface area contributed by atoms with E-state index in [1.54, 1.807) is 0 Å². The summed E-state index contributed by atoms with van der Waals surface area (Å²) < 4.78 is 1.06. The summed E-state index contributed by atoms with van der Waals surface area (Å²) in [6.45, 7) is 4.83. The van der Waals surface area contributed by atoms with Gasteiger partial charge in [-0.2, -0.15) is 0 Å². The van der Waals surface area contributed by atoms with Crippen LogP contribution in [-0.4, -0.2) is 24.2 Å². The highest BCUT2D eigenvalue weighted by molar-refractivity contribution is 9.10. The van der Waals surface area contributed by atoms with Gasteiger partial charge in [0.25, 0.3) is 0 Å². The van der Waals surface area contributed by atoms with Gasteiger partial charge in [-0.15, -0.1) is 0 Å². The predicted octanol–water partition coefficient (Wildman–Crippen LogP) is 2.62. The summed E-state index contributed by atoms with van der Waals surface area (Å²) in [7, 11) is 0. The number of rotatable bonds is 6. The van der Waals surface area contributed by atoms with Crippen LogP contribution < -0.4 is 5.32 Å². The lowest BCUT2D eigenvalue weighted by Gasteiger charge is -2.26. The molecule has 0 bridgehead atoms. The van der Waals surface area contributed by atoms with Gasteiger partial charge in [0.05, 0.1) is 0 Å². The van der Waals surface area contributed by atoms with E-state index in [0.29, 0.717) is 19.4 Å². The van der Waals surface area contributed by atoms with Gasteiger partial charge in [0, 0.05) is 29.5 Å². The molecule has 1 aromatic rings. The van der Waals surface area contributed by atoms with Gasteiger partial charge in [0.1, 0.15) is 0 Å². The normalized spacial score (nSPS) is 11.3. The molecule has 1 amide bonds. The number of aliphatic hydroxyl groups is 1. The number of hydrogen-bond donors (Lipinski definition) is 2. The van der Waals surface area contributed by atoms with Crippen molar-refractivity contribution in [2.45, 2.75) is 32.1 Å². The quantitative estimate of drug-likeness (QED) is 0.848. The molecular formula is C14H20BrNO2. The molecule has 100 valence electrons. The monoisotopic (exact) mass is 313 g/mol. The zero-order valence-electron chi connectivity index (χ0n) is 10.9. The average Bonchev–Trinajstić information content (AvgIpc) is 2.34. The Labute approximate surface area is 117 Å². The molecule has 0 saturated heterocycles. The molecule has 0 saturated carbocycles. The molecule has 1 rings (SSSR count). The maximum Gasteiger partial charge on any atom is 0.220 e. The number of hydrogen-bond acceptors (Lipinski definition) is 2. The van der Waals surface area contributed by atoms with Gasteiger partial charge < -0.3 is 10.4 Å². The lowest BCUT2D eigenvalue weighted by molar-refractivity contribution is -0.121. The van der Waals surface area contributed by atoms with E-state index in [2.05, 4.69) is 41.2 Å². The largest absolute Gasteiger partial charge is 0.396 e. The van der Waals surface area contributed by atoms with E-state index in [9.17, 15) is 4.79 Å². The Bertz CT molecular complexity index is 405. The van der Waals surface area contributed by atoms with Crippen molar-refractivity contribution in [3.05, 3.63) is 34.3 Å². The second-order valence-corrected chi connectivity index (χ2v) is 5.82. The smallest absolute Gasteiger partial charge is 0.220 e. The maximum atomic E-state index is 11.5. The van der Waals surface area contributed by atoms with Gasteiger partial charge in [-0.3, -0.25) is 4.79 Å². The van der Waals surface area contributed by atoms with E-state index in [1.807, 2.05) is 18.2 Å². The lowest BCUT2D eigenvalue weighted by Crippen LogP contribution is -2.36. The van der Waals surface area contributed by atoms with Crippen molar-refractivity contribution in [1.29, 1.82) is 0 Å². The molecule has 0 atom stereocenters. The van der Waals surface area contributed by atoms with Crippen molar-refractivity contribution >= 4 is 21.8 Å². The summed E-state index contributed by atoms with van der Waals surface area (Å²) in [5.41, 5.74) is 1.04. The molecule has 0 aliphatic rings. The van der Waals surface area contributed by atoms with Crippen LogP contribution in [0.5, 0.6) is 0 Å². The van der Waals surface area contributed by atoms with Crippen molar-refractivity contribution in [1.82, 2.24) is 5.32 Å². The second-order valence-electron chi connectivity index (χ2n) is 4.97. The molecule has 0 radical (unpaired) electrons. The summed E-state index contributed by atoms with van der Waals surface area (Å²) in [4.78, 5) is 11.5. The van der Waals surface area contributed by atoms with Crippen molar-refractivity contribution in [3.8, 4) is 0 Å². The zero-order chi connectivity index (χ0) is 13.6. The minimum Gasteiger partial charge on any atom is -0.396 e. The summed E-state index contributed by atoms with van der Waals surface area (Å²) in [5.74, 6) is -0.0100. The van der Waals surface area contributed by atoms with Crippen LogP contribution in [0.25, 0.3) is 0 Å². The fourth-order valence-electron chi connectivity index (χ4n) is 1.75. The van der Waals surface area contributed by atoms with Crippen LogP contribution in [0.1, 0.15) is 32.3 Å². The summed E-state index contributed by atoms with van der Waals surface area (Å²) >= 11 is 3.54. The summed E-state index contributed by atoms with van der Waals surface area (Å²) in [6, 6.07) is 8.04. The van der Waals surface area contributed by atoms with E-state index in [0.717, 1.165) is 4.47 Å². The van der Waals surface area contributed by atoms with E-state index in [4.69, 9.17) is 5.11 Å². The first-order valence-corrected chi connectivity index (χ1v) is 6.89. The number of benzene rings is 1. The fraction of sp³-hybridized carbons (Fsp3) is 0.500. The standard InChI is InChI=1S/C14H20BrNO2/c1-14(2,10-16-13(18)8-5-9-17)11-6-3-4-7-12(11)15/h3-4,6-7,17H,5,8-10H2,1-2H3,(H,16,18). The van der Waals surface area contributed by atoms with E-state index >= 15 is 0 Å². The highest BCUT2D eigenvalue weighted by Crippen LogP contribution is 2.29. The summed E-state index contributed by atoms with van der Waals surface area (Å²) in [5, 5.41) is 11.6. The van der Waals surface area contributed by atoms with Crippen LogP contribution in [0.15, 0.2) is 28.7 Å². The van der Waals surface area contributed by atoms with Crippen LogP contribution in [0.4, 0.5) is 0 Å². The third kappa shape index (κ3) is 4.42. The molecule has 0 aliphatic heterocycles. The molecule has 18 heavy (non-hydrogen) atoms. The third-order valence-electron chi connectivity index (χ3n) is 2.89. The van der Waals surface area contributed by atoms with Gasteiger partial charge in [-0.05, 0) is 18.1 Å². The Hall–Kier alpha value is -0.870. The minimum atomic E-state index is -0.130. The van der Waals surface area contributed by atoms with Crippen molar-refractivity contribution in [2.24, 2.45) is 0 Å². The zero-order valence-corrected chi connectivity index (χ0v) is 12.5. The Morgan fingerprint density at radius 1 is 1.39 bits per heavy atom. The third-order valence-corrected chi connectivity index (χ3v) is 3.58. The van der Waals surface area contributed by atoms with Crippen LogP contribution in [0, 0.1) is 0 Å². The Balaban J connectivity index is 2.60. The summed E-state index contributed by atoms with van der Waals surface area (Å²) in [6.07, 6.45) is 0.893. The van der Waals surface area contributed by atoms with Crippen LogP contribution in [0.2, 0.25) is 0 Å². The number of halogens is 1. The van der Waals surface area contributed by atoms with E-state index in [1.165, 1.54) is 5.56 Å². The SMILES string of the molecule is CC(C)(CNC(=O)CCCO)c1ccccc1Br. The first kappa shape index (κ1) is 15.2. The topological polar surface area (TPSA) is 49.3 Å². The minimum absolute atomic E-state index is 0.0100. The van der Waals surface area contributed by atoms with Crippen LogP contribution >= 0.6 is 15.9 Å². The lowest BCUT2D eigenvalue weighted by atomic mass is 9.84. The Morgan fingerprint density at radius 3 is 2.67 bits per heavy atom. The van der Waals surface area contributed by atoms with Gasteiger partial charge >= 0.3 is 0 Å². The Morgan fingerprint density at radius 2 is 2.06 bits per heavy atom. The molecule has 0 heterocycles. The molecule has 0 unspecified atom stereocenters. The van der Waals surface area contributed by atoms with Gasteiger partial charge in [0.15, 0.2) is 0 Å². The van der Waals surface area contributed by atoms with Gasteiger partial charge in [0.2, 0.25) is 5.91 Å². The van der Waals surface area contributed by atoms with E-state index < -0.39 is 0 Å². The molecular weight excluding hydrogens is 294 g/mol. The molecule has 4 heteroatoms. The first-order chi connectivity index (χ1) is 8.47. The predicted molar refractivity (Wildman–Crippen MR) is 76.5 cm³/mol. The van der Waals surface area contributed by atoms with Crippen molar-refractivity contribution in [2.75, 3.05) is 13.2 Å². The van der Waals surface area contributed by atoms with E-state index in [-0.39, 0.29) is 17.9 Å². The number of amides is 1. The first-order valence-electron chi connectivity index (χ1n) is 6.10. The molecule has 2 N–H and O–H groups in total. The van der Waals surface area contributed by atoms with Crippen molar-refractivity contribution < 1.29 is 9.90 Å². The fourth-order valence-corrected chi connectivity index (χ4v) is 2.57. The molecule has 0 spiro atoms. The molecule has 0 fully saturated rings. The highest BCUT2D eigenvalue weighted by Gasteiger charge is 2.23. The highest BCUT2D eigenvalue weighted by atomic mass is 79.9. The number of aliphatic hydroxyl groups excluding tert-OH is 1. The molecule has 1 aromatic carbocycles. The number of carbonyl (C=O) groups is 1. The van der Waals surface area contributed by atoms with Crippen molar-refractivity contribution in [3.63, 3.8) is 0 Å². The molecule has 3 nitrogen and oxygen atoms in total. The van der Waals surface area contributed by atoms with Gasteiger partial charge in [-0.25, -0.2) is 0 Å². The van der Waals surface area contributed by atoms with Crippen LogP contribution in [-0.2, 0) is 10.2 Å². The van der Waals surface area contributed by atoms with Crippen LogP contribution in [0.3, 0.4) is 0 Å². The molecule has 0 aliphatic carbocycles. The maximum absolute atomic E-state index is 11.5. The number of nitrogens with one attached hydrogen (secondary N) is 1. The van der Waals surface area contributed by atoms with Gasteiger partial charge in [-0.1, -0.05) is 48.0 Å². The molecule has 0 aromatic heterocycles. The second kappa shape index (κ2) is 6.90.